The lowest BCUT2D eigenvalue weighted by molar-refractivity contribution is -0.00719. The van der Waals surface area contributed by atoms with E-state index in [1.807, 2.05) is 24.3 Å². The molecule has 3 N–H and O–H groups in total. The number of methoxy groups -OCH3 is 1. The summed E-state index contributed by atoms with van der Waals surface area (Å²) in [6, 6.07) is 7.73. The summed E-state index contributed by atoms with van der Waals surface area (Å²) in [5.41, 5.74) is 6.12. The SMILES string of the molecule is COc1ccc(C2(O)CCCC(N)C2)cc1. The van der Waals surface area contributed by atoms with Crippen molar-refractivity contribution in [3.8, 4) is 5.75 Å². The quantitative estimate of drug-likeness (QED) is 0.800. The van der Waals surface area contributed by atoms with Gasteiger partial charge in [0.2, 0.25) is 0 Å². The molecular formula is C13H19NO2. The van der Waals surface area contributed by atoms with Gasteiger partial charge < -0.3 is 15.6 Å². The van der Waals surface area contributed by atoms with Crippen molar-refractivity contribution in [2.75, 3.05) is 7.11 Å². The van der Waals surface area contributed by atoms with E-state index in [1.165, 1.54) is 0 Å². The number of hydrogen-bond acceptors (Lipinski definition) is 3. The van der Waals surface area contributed by atoms with Crippen LogP contribution in [0.25, 0.3) is 0 Å². The fourth-order valence-corrected chi connectivity index (χ4v) is 2.46. The fraction of sp³-hybridized carbons (Fsp3) is 0.538. The smallest absolute Gasteiger partial charge is 0.118 e. The maximum absolute atomic E-state index is 10.6. The number of benzene rings is 1. The first-order valence-corrected chi connectivity index (χ1v) is 5.76. The highest BCUT2D eigenvalue weighted by molar-refractivity contribution is 5.31. The molecule has 0 radical (unpaired) electrons. The minimum Gasteiger partial charge on any atom is -0.497 e. The Labute approximate surface area is 96.2 Å². The van der Waals surface area contributed by atoms with Crippen molar-refractivity contribution < 1.29 is 9.84 Å². The van der Waals surface area contributed by atoms with E-state index in [2.05, 4.69) is 0 Å². The van der Waals surface area contributed by atoms with Crippen molar-refractivity contribution in [1.82, 2.24) is 0 Å². The molecule has 0 spiro atoms. The molecule has 2 rings (SSSR count). The first-order chi connectivity index (χ1) is 7.64. The highest BCUT2D eigenvalue weighted by Crippen LogP contribution is 2.36. The number of aliphatic hydroxyl groups is 1. The molecule has 0 saturated heterocycles. The van der Waals surface area contributed by atoms with Gasteiger partial charge in [0.15, 0.2) is 0 Å². The molecule has 1 aromatic carbocycles. The third kappa shape index (κ3) is 2.20. The highest BCUT2D eigenvalue weighted by Gasteiger charge is 2.34. The van der Waals surface area contributed by atoms with Crippen LogP contribution in [0.1, 0.15) is 31.2 Å². The van der Waals surface area contributed by atoms with Gasteiger partial charge in [-0.25, -0.2) is 0 Å². The third-order valence-corrected chi connectivity index (χ3v) is 3.39. The zero-order valence-electron chi connectivity index (χ0n) is 9.65. The topological polar surface area (TPSA) is 55.5 Å². The fourth-order valence-electron chi connectivity index (χ4n) is 2.46. The number of nitrogens with two attached hydrogens (primary N) is 1. The van der Waals surface area contributed by atoms with E-state index in [0.717, 1.165) is 30.6 Å². The molecule has 2 atom stereocenters. The molecule has 2 unspecified atom stereocenters. The summed E-state index contributed by atoms with van der Waals surface area (Å²) in [6.07, 6.45) is 3.45. The van der Waals surface area contributed by atoms with Gasteiger partial charge in [-0.05, 0) is 43.4 Å². The lowest BCUT2D eigenvalue weighted by Gasteiger charge is -2.35. The zero-order chi connectivity index (χ0) is 11.6. The summed E-state index contributed by atoms with van der Waals surface area (Å²) in [5.74, 6) is 0.812. The Balaban J connectivity index is 2.20. The molecule has 1 aliphatic rings. The lowest BCUT2D eigenvalue weighted by Crippen LogP contribution is -2.39. The van der Waals surface area contributed by atoms with Gasteiger partial charge in [-0.3, -0.25) is 0 Å². The average molecular weight is 221 g/mol. The molecule has 0 amide bonds. The van der Waals surface area contributed by atoms with Crippen LogP contribution in [0.2, 0.25) is 0 Å². The molecular weight excluding hydrogens is 202 g/mol. The second-order valence-electron chi connectivity index (χ2n) is 4.62. The van der Waals surface area contributed by atoms with Crippen molar-refractivity contribution >= 4 is 0 Å². The molecule has 3 nitrogen and oxygen atoms in total. The summed E-state index contributed by atoms with van der Waals surface area (Å²) >= 11 is 0. The Morgan fingerprint density at radius 3 is 2.62 bits per heavy atom. The van der Waals surface area contributed by atoms with Gasteiger partial charge in [0.05, 0.1) is 12.7 Å². The van der Waals surface area contributed by atoms with Crippen LogP contribution in [0.5, 0.6) is 5.75 Å². The van der Waals surface area contributed by atoms with E-state index < -0.39 is 5.60 Å². The minimum atomic E-state index is -0.746. The van der Waals surface area contributed by atoms with Crippen LogP contribution in [-0.4, -0.2) is 18.3 Å². The van der Waals surface area contributed by atoms with Crippen LogP contribution in [0.15, 0.2) is 24.3 Å². The molecule has 1 fully saturated rings. The predicted molar refractivity (Wildman–Crippen MR) is 63.3 cm³/mol. The largest absolute Gasteiger partial charge is 0.497 e. The normalized spacial score (nSPS) is 30.1. The van der Waals surface area contributed by atoms with Crippen molar-refractivity contribution in [3.05, 3.63) is 29.8 Å². The lowest BCUT2D eigenvalue weighted by atomic mass is 9.77. The van der Waals surface area contributed by atoms with Crippen LogP contribution < -0.4 is 10.5 Å². The first kappa shape index (κ1) is 11.4. The molecule has 88 valence electrons. The van der Waals surface area contributed by atoms with Gasteiger partial charge in [0.25, 0.3) is 0 Å². The molecule has 3 heteroatoms. The molecule has 0 aromatic heterocycles. The van der Waals surface area contributed by atoms with Gasteiger partial charge in [0, 0.05) is 6.04 Å². The Bertz CT molecular complexity index is 349. The molecule has 0 aliphatic heterocycles. The number of ether oxygens (including phenoxy) is 1. The standard InChI is InChI=1S/C13H19NO2/c1-16-12-6-4-10(5-7-12)13(15)8-2-3-11(14)9-13/h4-7,11,15H,2-3,8-9,14H2,1H3. The van der Waals surface area contributed by atoms with E-state index >= 15 is 0 Å². The van der Waals surface area contributed by atoms with Crippen LogP contribution in [0.3, 0.4) is 0 Å². The van der Waals surface area contributed by atoms with E-state index in [9.17, 15) is 5.11 Å². The molecule has 1 aliphatic carbocycles. The van der Waals surface area contributed by atoms with E-state index in [-0.39, 0.29) is 6.04 Å². The molecule has 0 heterocycles. The van der Waals surface area contributed by atoms with Crippen LogP contribution >= 0.6 is 0 Å². The second kappa shape index (κ2) is 4.44. The maximum Gasteiger partial charge on any atom is 0.118 e. The summed E-state index contributed by atoms with van der Waals surface area (Å²) in [6.45, 7) is 0. The predicted octanol–water partition coefficient (Wildman–Crippen LogP) is 1.78. The van der Waals surface area contributed by atoms with Crippen molar-refractivity contribution in [1.29, 1.82) is 0 Å². The van der Waals surface area contributed by atoms with Gasteiger partial charge >= 0.3 is 0 Å². The van der Waals surface area contributed by atoms with E-state index in [0.29, 0.717) is 6.42 Å². The molecule has 1 aromatic rings. The summed E-state index contributed by atoms with van der Waals surface area (Å²) in [4.78, 5) is 0. The Hall–Kier alpha value is -1.06. The third-order valence-electron chi connectivity index (χ3n) is 3.39. The van der Waals surface area contributed by atoms with Gasteiger partial charge in [-0.15, -0.1) is 0 Å². The van der Waals surface area contributed by atoms with Crippen LogP contribution in [0, 0.1) is 0 Å². The summed E-state index contributed by atoms with van der Waals surface area (Å²) in [7, 11) is 1.64. The summed E-state index contributed by atoms with van der Waals surface area (Å²) in [5, 5.41) is 10.6. The van der Waals surface area contributed by atoms with Crippen molar-refractivity contribution in [3.63, 3.8) is 0 Å². The highest BCUT2D eigenvalue weighted by atomic mass is 16.5. The maximum atomic E-state index is 10.6. The zero-order valence-corrected chi connectivity index (χ0v) is 9.65. The summed E-state index contributed by atoms with van der Waals surface area (Å²) < 4.78 is 5.10. The Morgan fingerprint density at radius 2 is 2.06 bits per heavy atom. The Kier molecular flexibility index (Phi) is 3.17. The average Bonchev–Trinajstić information content (AvgIpc) is 2.29. The second-order valence-corrected chi connectivity index (χ2v) is 4.62. The molecule has 16 heavy (non-hydrogen) atoms. The van der Waals surface area contributed by atoms with Crippen LogP contribution in [0.4, 0.5) is 0 Å². The van der Waals surface area contributed by atoms with Gasteiger partial charge in [-0.2, -0.15) is 0 Å². The van der Waals surface area contributed by atoms with Gasteiger partial charge in [0.1, 0.15) is 5.75 Å². The number of hydrogen-bond donors (Lipinski definition) is 2. The number of rotatable bonds is 2. The minimum absolute atomic E-state index is 0.112. The van der Waals surface area contributed by atoms with Gasteiger partial charge in [-0.1, -0.05) is 12.1 Å². The molecule has 1 saturated carbocycles. The van der Waals surface area contributed by atoms with E-state index in [4.69, 9.17) is 10.5 Å². The first-order valence-electron chi connectivity index (χ1n) is 5.76. The van der Waals surface area contributed by atoms with Crippen LogP contribution in [-0.2, 0) is 5.60 Å². The molecule has 0 bridgehead atoms. The van der Waals surface area contributed by atoms with Crippen molar-refractivity contribution in [2.24, 2.45) is 5.73 Å². The van der Waals surface area contributed by atoms with Crippen molar-refractivity contribution in [2.45, 2.75) is 37.3 Å². The Morgan fingerprint density at radius 1 is 1.38 bits per heavy atom. The van der Waals surface area contributed by atoms with E-state index in [1.54, 1.807) is 7.11 Å². The monoisotopic (exact) mass is 221 g/mol.